The molecule has 1 aliphatic heterocycles. The highest BCUT2D eigenvalue weighted by Crippen LogP contribution is 2.31. The topological polar surface area (TPSA) is 69.9 Å². The molecule has 0 N–H and O–H groups in total. The second-order valence-corrected chi connectivity index (χ2v) is 8.40. The molecule has 3 aromatic rings. The normalized spacial score (nSPS) is 15.9. The predicted octanol–water partition coefficient (Wildman–Crippen LogP) is 3.21. The van der Waals surface area contributed by atoms with Gasteiger partial charge in [0.1, 0.15) is 11.6 Å². The van der Waals surface area contributed by atoms with Crippen molar-refractivity contribution in [2.24, 2.45) is 4.99 Å². The molecule has 1 atom stereocenters. The summed E-state index contributed by atoms with van der Waals surface area (Å²) in [5.74, 6) is -0.490. The summed E-state index contributed by atoms with van der Waals surface area (Å²) in [6, 6.07) is 10.6. The summed E-state index contributed by atoms with van der Waals surface area (Å²) in [4.78, 5) is 30.9. The standard InChI is InChI=1S/C23H18ClFN2O4S/c1-12-19(22(29)31-3)20(13-7-9-14(30-2)10-8-13)27-21(28)18(32-23(27)26-12)11-15-16(24)5-4-6-17(15)25/h4-11,20H,1-3H3/b18-11+/t20-/m1/s1. The van der Waals surface area contributed by atoms with Crippen LogP contribution in [0.25, 0.3) is 6.08 Å². The molecule has 6 nitrogen and oxygen atoms in total. The number of methoxy groups -OCH3 is 2. The van der Waals surface area contributed by atoms with E-state index in [0.717, 1.165) is 11.3 Å². The number of ether oxygens (including phenoxy) is 2. The average Bonchev–Trinajstić information content (AvgIpc) is 3.09. The van der Waals surface area contributed by atoms with E-state index in [1.54, 1.807) is 44.4 Å². The van der Waals surface area contributed by atoms with E-state index in [9.17, 15) is 14.0 Å². The Morgan fingerprint density at radius 1 is 1.22 bits per heavy atom. The molecule has 2 aromatic carbocycles. The number of hydrogen-bond donors (Lipinski definition) is 0. The Kier molecular flexibility index (Phi) is 5.99. The van der Waals surface area contributed by atoms with E-state index in [0.29, 0.717) is 21.8 Å². The molecule has 0 bridgehead atoms. The van der Waals surface area contributed by atoms with Gasteiger partial charge in [-0.15, -0.1) is 0 Å². The molecule has 0 spiro atoms. The van der Waals surface area contributed by atoms with Crippen molar-refractivity contribution < 1.29 is 18.7 Å². The van der Waals surface area contributed by atoms with Crippen LogP contribution in [0.2, 0.25) is 5.02 Å². The zero-order valence-electron chi connectivity index (χ0n) is 17.4. The van der Waals surface area contributed by atoms with Crippen LogP contribution in [0.5, 0.6) is 5.75 Å². The van der Waals surface area contributed by atoms with Crippen molar-refractivity contribution in [2.75, 3.05) is 14.2 Å². The first kappa shape index (κ1) is 22.0. The summed E-state index contributed by atoms with van der Waals surface area (Å²) in [6.45, 7) is 1.69. The van der Waals surface area contributed by atoms with Crippen molar-refractivity contribution in [3.8, 4) is 5.75 Å². The molecular weight excluding hydrogens is 455 g/mol. The fraction of sp³-hybridized carbons (Fsp3) is 0.174. The van der Waals surface area contributed by atoms with Gasteiger partial charge in [0.05, 0.1) is 41.1 Å². The summed E-state index contributed by atoms with van der Waals surface area (Å²) in [6.07, 6.45) is 1.41. The average molecular weight is 473 g/mol. The second kappa shape index (κ2) is 8.72. The monoisotopic (exact) mass is 472 g/mol. The molecule has 9 heteroatoms. The fourth-order valence-corrected chi connectivity index (χ4v) is 4.82. The van der Waals surface area contributed by atoms with E-state index in [2.05, 4.69) is 4.99 Å². The Balaban J connectivity index is 1.99. The SMILES string of the molecule is COC(=O)C1=C(C)N=c2s/c(=C/c3c(F)cccc3Cl)c(=O)n2[C@@H]1c1ccc(OC)cc1. The predicted molar refractivity (Wildman–Crippen MR) is 120 cm³/mol. The van der Waals surface area contributed by atoms with Gasteiger partial charge in [0.2, 0.25) is 0 Å². The Hall–Kier alpha value is -3.23. The Morgan fingerprint density at radius 3 is 2.56 bits per heavy atom. The Labute approximate surface area is 191 Å². The summed E-state index contributed by atoms with van der Waals surface area (Å²) in [5.41, 5.74) is 1.07. The summed E-state index contributed by atoms with van der Waals surface area (Å²) in [7, 11) is 2.83. The molecule has 0 radical (unpaired) electrons. The molecule has 0 saturated heterocycles. The van der Waals surface area contributed by atoms with Gasteiger partial charge in [-0.05, 0) is 42.8 Å². The van der Waals surface area contributed by atoms with Gasteiger partial charge >= 0.3 is 5.97 Å². The van der Waals surface area contributed by atoms with Gasteiger partial charge in [-0.25, -0.2) is 14.2 Å². The van der Waals surface area contributed by atoms with Crippen LogP contribution in [0.15, 0.2) is 63.5 Å². The maximum atomic E-state index is 14.3. The number of allylic oxidation sites excluding steroid dienone is 1. The van der Waals surface area contributed by atoms with E-state index in [1.165, 1.54) is 29.9 Å². The lowest BCUT2D eigenvalue weighted by Crippen LogP contribution is -2.39. The number of carbonyl (C=O) groups excluding carboxylic acids is 1. The third-order valence-corrected chi connectivity index (χ3v) is 6.45. The number of fused-ring (bicyclic) bond motifs is 1. The number of rotatable bonds is 4. The van der Waals surface area contributed by atoms with Crippen molar-refractivity contribution in [3.05, 3.63) is 95.4 Å². The highest BCUT2D eigenvalue weighted by Gasteiger charge is 2.33. The van der Waals surface area contributed by atoms with Gasteiger partial charge in [0.15, 0.2) is 4.80 Å². The number of carbonyl (C=O) groups is 1. The Morgan fingerprint density at radius 2 is 1.94 bits per heavy atom. The van der Waals surface area contributed by atoms with Gasteiger partial charge in [-0.2, -0.15) is 0 Å². The zero-order chi connectivity index (χ0) is 23.0. The molecule has 32 heavy (non-hydrogen) atoms. The first-order valence-corrected chi connectivity index (χ1v) is 10.7. The van der Waals surface area contributed by atoms with E-state index < -0.39 is 23.4 Å². The quantitative estimate of drug-likeness (QED) is 0.547. The van der Waals surface area contributed by atoms with Crippen LogP contribution in [0, 0.1) is 5.82 Å². The minimum Gasteiger partial charge on any atom is -0.497 e. The van der Waals surface area contributed by atoms with Crippen LogP contribution in [-0.4, -0.2) is 24.8 Å². The van der Waals surface area contributed by atoms with Gasteiger partial charge < -0.3 is 9.47 Å². The van der Waals surface area contributed by atoms with Gasteiger partial charge in [0.25, 0.3) is 5.56 Å². The first-order valence-electron chi connectivity index (χ1n) is 9.54. The van der Waals surface area contributed by atoms with Crippen LogP contribution in [0.1, 0.15) is 24.1 Å². The van der Waals surface area contributed by atoms with Crippen molar-refractivity contribution in [1.29, 1.82) is 0 Å². The first-order chi connectivity index (χ1) is 15.3. The lowest BCUT2D eigenvalue weighted by Gasteiger charge is -2.24. The van der Waals surface area contributed by atoms with E-state index in [4.69, 9.17) is 21.1 Å². The van der Waals surface area contributed by atoms with Gasteiger partial charge in [-0.1, -0.05) is 41.1 Å². The second-order valence-electron chi connectivity index (χ2n) is 6.98. The molecule has 164 valence electrons. The number of nitrogens with zero attached hydrogens (tertiary/aromatic N) is 2. The largest absolute Gasteiger partial charge is 0.497 e. The molecular formula is C23H18ClFN2O4S. The summed E-state index contributed by atoms with van der Waals surface area (Å²) >= 11 is 7.24. The van der Waals surface area contributed by atoms with E-state index in [-0.39, 0.29) is 20.7 Å². The van der Waals surface area contributed by atoms with Crippen LogP contribution >= 0.6 is 22.9 Å². The van der Waals surface area contributed by atoms with Crippen molar-refractivity contribution in [3.63, 3.8) is 0 Å². The van der Waals surface area contributed by atoms with Gasteiger partial charge in [-0.3, -0.25) is 9.36 Å². The molecule has 0 aliphatic carbocycles. The third kappa shape index (κ3) is 3.76. The fourth-order valence-electron chi connectivity index (χ4n) is 3.57. The maximum absolute atomic E-state index is 14.3. The molecule has 4 rings (SSSR count). The zero-order valence-corrected chi connectivity index (χ0v) is 19.0. The number of esters is 1. The van der Waals surface area contributed by atoms with Crippen LogP contribution in [0.3, 0.4) is 0 Å². The minimum atomic E-state index is -0.761. The van der Waals surface area contributed by atoms with Crippen LogP contribution in [0.4, 0.5) is 4.39 Å². The van der Waals surface area contributed by atoms with Crippen LogP contribution in [-0.2, 0) is 9.53 Å². The smallest absolute Gasteiger partial charge is 0.338 e. The van der Waals surface area contributed by atoms with Crippen molar-refractivity contribution in [1.82, 2.24) is 4.57 Å². The lowest BCUT2D eigenvalue weighted by atomic mass is 9.96. The number of thiazole rings is 1. The highest BCUT2D eigenvalue weighted by molar-refractivity contribution is 7.07. The summed E-state index contributed by atoms with van der Waals surface area (Å²) in [5, 5.41) is 0.189. The van der Waals surface area contributed by atoms with E-state index in [1.807, 2.05) is 0 Å². The minimum absolute atomic E-state index is 0.115. The molecule has 1 aromatic heterocycles. The number of halogens is 2. The number of benzene rings is 2. The number of hydrogen-bond acceptors (Lipinski definition) is 6. The molecule has 0 saturated carbocycles. The third-order valence-electron chi connectivity index (χ3n) is 5.13. The molecule has 0 fully saturated rings. The molecule has 0 unspecified atom stereocenters. The number of aromatic nitrogens is 1. The highest BCUT2D eigenvalue weighted by atomic mass is 35.5. The Bertz CT molecular complexity index is 1400. The lowest BCUT2D eigenvalue weighted by molar-refractivity contribution is -0.136. The molecule has 1 aliphatic rings. The van der Waals surface area contributed by atoms with Crippen molar-refractivity contribution >= 4 is 35.0 Å². The maximum Gasteiger partial charge on any atom is 0.338 e. The summed E-state index contributed by atoms with van der Waals surface area (Å²) < 4.78 is 26.2. The van der Waals surface area contributed by atoms with Crippen molar-refractivity contribution in [2.45, 2.75) is 13.0 Å². The molecule has 0 amide bonds. The molecule has 2 heterocycles. The van der Waals surface area contributed by atoms with Gasteiger partial charge in [0, 0.05) is 5.56 Å². The van der Waals surface area contributed by atoms with E-state index >= 15 is 0 Å². The van der Waals surface area contributed by atoms with Crippen LogP contribution < -0.4 is 19.6 Å².